The predicted octanol–water partition coefficient (Wildman–Crippen LogP) is 2.16. The Balaban J connectivity index is 2.70. The topological polar surface area (TPSA) is 70.1 Å². The number of hydrogen-bond acceptors (Lipinski definition) is 4. The third kappa shape index (κ3) is 2.92. The van der Waals surface area contributed by atoms with E-state index in [-0.39, 0.29) is 17.1 Å². The van der Waals surface area contributed by atoms with Crippen LogP contribution in [0.3, 0.4) is 0 Å². The summed E-state index contributed by atoms with van der Waals surface area (Å²) in [4.78, 5) is 25.9. The van der Waals surface area contributed by atoms with Crippen molar-refractivity contribution >= 4 is 12.0 Å². The number of esters is 1. The number of amides is 2. The van der Waals surface area contributed by atoms with Crippen molar-refractivity contribution in [3.05, 3.63) is 35.9 Å². The molecule has 1 N–H and O–H groups in total. The number of rotatable bonds is 3. The largest absolute Gasteiger partial charge is 0.466 e. The zero-order valence-corrected chi connectivity index (χ0v) is 13.9. The highest BCUT2D eigenvalue weighted by molar-refractivity contribution is 5.83. The van der Waals surface area contributed by atoms with Gasteiger partial charge in [-0.05, 0) is 12.5 Å². The SMILES string of the molecule is CCOC(=O)[C@@H]1[C@@H](c2ccccc2)N(C)C(=O)N(C)[C@@]1(O)C(F)(F)F. The lowest BCUT2D eigenvalue weighted by Crippen LogP contribution is -2.73. The molecular formula is C16H19F3N2O4. The smallest absolute Gasteiger partial charge is 0.437 e. The molecule has 0 aliphatic carbocycles. The maximum absolute atomic E-state index is 13.7. The second-order valence-electron chi connectivity index (χ2n) is 5.76. The van der Waals surface area contributed by atoms with Gasteiger partial charge in [0.2, 0.25) is 0 Å². The van der Waals surface area contributed by atoms with E-state index < -0.39 is 35.9 Å². The maximum Gasteiger partial charge on any atom is 0.437 e. The average molecular weight is 360 g/mol. The molecule has 1 fully saturated rings. The lowest BCUT2D eigenvalue weighted by atomic mass is 9.80. The van der Waals surface area contributed by atoms with E-state index in [1.807, 2.05) is 0 Å². The van der Waals surface area contributed by atoms with Crippen molar-refractivity contribution in [2.24, 2.45) is 5.92 Å². The maximum atomic E-state index is 13.7. The van der Waals surface area contributed by atoms with Crippen molar-refractivity contribution in [3.8, 4) is 0 Å². The number of aliphatic hydroxyl groups is 1. The number of urea groups is 1. The van der Waals surface area contributed by atoms with E-state index >= 15 is 0 Å². The Hall–Kier alpha value is -2.29. The minimum absolute atomic E-state index is 0.133. The van der Waals surface area contributed by atoms with E-state index in [0.717, 1.165) is 11.9 Å². The summed E-state index contributed by atoms with van der Waals surface area (Å²) in [5, 5.41) is 10.5. The summed E-state index contributed by atoms with van der Waals surface area (Å²) in [6, 6.07) is 5.37. The minimum atomic E-state index is -5.26. The monoisotopic (exact) mass is 360 g/mol. The fourth-order valence-electron chi connectivity index (χ4n) is 3.11. The Morgan fingerprint density at radius 3 is 2.32 bits per heavy atom. The van der Waals surface area contributed by atoms with Crippen LogP contribution in [0.5, 0.6) is 0 Å². The first-order valence-electron chi connectivity index (χ1n) is 7.58. The molecule has 0 radical (unpaired) electrons. The van der Waals surface area contributed by atoms with Crippen LogP contribution in [0.2, 0.25) is 0 Å². The van der Waals surface area contributed by atoms with Gasteiger partial charge in [0.1, 0.15) is 5.92 Å². The first kappa shape index (κ1) is 19.0. The van der Waals surface area contributed by atoms with Gasteiger partial charge in [-0.1, -0.05) is 30.3 Å². The molecular weight excluding hydrogens is 341 g/mol. The highest BCUT2D eigenvalue weighted by Gasteiger charge is 2.70. The van der Waals surface area contributed by atoms with Gasteiger partial charge in [0.05, 0.1) is 12.6 Å². The molecule has 0 saturated carbocycles. The van der Waals surface area contributed by atoms with Gasteiger partial charge in [0, 0.05) is 14.1 Å². The summed E-state index contributed by atoms with van der Waals surface area (Å²) in [7, 11) is 2.08. The Bertz CT molecular complexity index is 653. The zero-order valence-electron chi connectivity index (χ0n) is 13.9. The zero-order chi connectivity index (χ0) is 19.0. The van der Waals surface area contributed by atoms with Crippen LogP contribution in [0.25, 0.3) is 0 Å². The van der Waals surface area contributed by atoms with Gasteiger partial charge in [0.15, 0.2) is 0 Å². The molecule has 1 aliphatic heterocycles. The Labute approximate surface area is 142 Å². The fourth-order valence-corrected chi connectivity index (χ4v) is 3.11. The Morgan fingerprint density at radius 1 is 1.28 bits per heavy atom. The lowest BCUT2D eigenvalue weighted by molar-refractivity contribution is -0.334. The second kappa shape index (κ2) is 6.55. The summed E-state index contributed by atoms with van der Waals surface area (Å²) in [5.74, 6) is -3.30. The van der Waals surface area contributed by atoms with Crippen molar-refractivity contribution in [3.63, 3.8) is 0 Å². The number of benzene rings is 1. The van der Waals surface area contributed by atoms with Crippen molar-refractivity contribution < 1.29 is 32.6 Å². The normalized spacial score (nSPS) is 27.4. The summed E-state index contributed by atoms with van der Waals surface area (Å²) >= 11 is 0. The molecule has 2 rings (SSSR count). The molecule has 138 valence electrons. The number of carbonyl (C=O) groups is 2. The molecule has 6 nitrogen and oxygen atoms in total. The van der Waals surface area contributed by atoms with E-state index in [0.29, 0.717) is 0 Å². The van der Waals surface area contributed by atoms with Gasteiger partial charge in [-0.3, -0.25) is 9.69 Å². The van der Waals surface area contributed by atoms with Crippen LogP contribution in [-0.2, 0) is 9.53 Å². The van der Waals surface area contributed by atoms with Gasteiger partial charge in [0.25, 0.3) is 5.72 Å². The van der Waals surface area contributed by atoms with Crippen LogP contribution in [0, 0.1) is 5.92 Å². The van der Waals surface area contributed by atoms with Crippen molar-refractivity contribution in [2.75, 3.05) is 20.7 Å². The average Bonchev–Trinajstić information content (AvgIpc) is 2.55. The van der Waals surface area contributed by atoms with Crippen LogP contribution < -0.4 is 0 Å². The molecule has 1 aromatic carbocycles. The van der Waals surface area contributed by atoms with E-state index in [9.17, 15) is 27.9 Å². The summed E-state index contributed by atoms with van der Waals surface area (Å²) in [5.41, 5.74) is -3.41. The number of ether oxygens (including phenoxy) is 1. The van der Waals surface area contributed by atoms with Crippen molar-refractivity contribution in [2.45, 2.75) is 24.9 Å². The van der Waals surface area contributed by atoms with E-state index in [4.69, 9.17) is 4.74 Å². The molecule has 0 bridgehead atoms. The standard InChI is InChI=1S/C16H19F3N2O4/c1-4-25-13(22)11-12(10-8-6-5-7-9-10)20(2)14(23)21(3)15(11,24)16(17,18)19/h5-9,11-12,24H,4H2,1-3H3/t11-,12+,15-/m0/s1. The number of alkyl halides is 3. The van der Waals surface area contributed by atoms with Crippen molar-refractivity contribution in [1.82, 2.24) is 9.80 Å². The number of hydrogen-bond donors (Lipinski definition) is 1. The van der Waals surface area contributed by atoms with Gasteiger partial charge in [-0.25, -0.2) is 4.79 Å². The van der Waals surface area contributed by atoms with E-state index in [1.54, 1.807) is 18.2 Å². The summed E-state index contributed by atoms with van der Waals surface area (Å²) in [6.07, 6.45) is -5.26. The number of halogens is 3. The molecule has 1 aromatic rings. The van der Waals surface area contributed by atoms with Gasteiger partial charge in [-0.2, -0.15) is 13.2 Å². The molecule has 0 aromatic heterocycles. The second-order valence-corrected chi connectivity index (χ2v) is 5.76. The summed E-state index contributed by atoms with van der Waals surface area (Å²) in [6.45, 7) is 1.29. The molecule has 1 aliphatic rings. The van der Waals surface area contributed by atoms with Crippen LogP contribution >= 0.6 is 0 Å². The molecule has 0 spiro atoms. The van der Waals surface area contributed by atoms with Crippen LogP contribution in [-0.4, -0.2) is 59.5 Å². The molecule has 1 saturated heterocycles. The predicted molar refractivity (Wildman–Crippen MR) is 81.2 cm³/mol. The van der Waals surface area contributed by atoms with Gasteiger partial charge >= 0.3 is 18.2 Å². The van der Waals surface area contributed by atoms with Crippen LogP contribution in [0.1, 0.15) is 18.5 Å². The fraction of sp³-hybridized carbons (Fsp3) is 0.500. The van der Waals surface area contributed by atoms with Gasteiger partial charge < -0.3 is 14.7 Å². The third-order valence-corrected chi connectivity index (χ3v) is 4.37. The first-order valence-corrected chi connectivity index (χ1v) is 7.58. The quantitative estimate of drug-likeness (QED) is 0.839. The van der Waals surface area contributed by atoms with E-state index in [2.05, 4.69) is 0 Å². The molecule has 2 amide bonds. The van der Waals surface area contributed by atoms with E-state index in [1.165, 1.54) is 26.1 Å². The number of carbonyl (C=O) groups excluding carboxylic acids is 2. The van der Waals surface area contributed by atoms with Gasteiger partial charge in [-0.15, -0.1) is 0 Å². The highest BCUT2D eigenvalue weighted by Crippen LogP contribution is 2.49. The Kier molecular flexibility index (Phi) is 4.99. The highest BCUT2D eigenvalue weighted by atomic mass is 19.4. The minimum Gasteiger partial charge on any atom is -0.466 e. The lowest BCUT2D eigenvalue weighted by Gasteiger charge is -2.52. The molecule has 1 heterocycles. The van der Waals surface area contributed by atoms with Crippen LogP contribution in [0.15, 0.2) is 30.3 Å². The molecule has 9 heteroatoms. The third-order valence-electron chi connectivity index (χ3n) is 4.37. The summed E-state index contributed by atoms with van der Waals surface area (Å²) < 4.78 is 46.0. The molecule has 3 atom stereocenters. The first-order chi connectivity index (χ1) is 11.6. The van der Waals surface area contributed by atoms with Crippen LogP contribution in [0.4, 0.5) is 18.0 Å². The van der Waals surface area contributed by atoms with Crippen molar-refractivity contribution in [1.29, 1.82) is 0 Å². The number of nitrogens with zero attached hydrogens (tertiary/aromatic N) is 2. The molecule has 25 heavy (non-hydrogen) atoms. The Morgan fingerprint density at radius 2 is 1.84 bits per heavy atom. The molecule has 0 unspecified atom stereocenters.